The number of nitrogens with one attached hydrogen (secondary N) is 1. The number of pyridine rings is 1. The zero-order valence-corrected chi connectivity index (χ0v) is 21.5. The number of hydrogen-bond acceptors (Lipinski definition) is 5. The summed E-state index contributed by atoms with van der Waals surface area (Å²) in [4.78, 5) is 21.9. The second kappa shape index (κ2) is 8.65. The van der Waals surface area contributed by atoms with Crippen LogP contribution in [0.3, 0.4) is 0 Å². The highest BCUT2D eigenvalue weighted by atomic mass is 32.1. The largest absolute Gasteiger partial charge is 0.312 e. The predicted molar refractivity (Wildman–Crippen MR) is 142 cm³/mol. The van der Waals surface area contributed by atoms with Crippen molar-refractivity contribution in [3.63, 3.8) is 0 Å². The summed E-state index contributed by atoms with van der Waals surface area (Å²) in [6.07, 6.45) is 2.94. The molecule has 1 amide bonds. The molecule has 0 saturated heterocycles. The van der Waals surface area contributed by atoms with E-state index in [-0.39, 0.29) is 11.3 Å². The number of carbonyl (C=O) groups excluding carboxylic acids is 1. The van der Waals surface area contributed by atoms with Gasteiger partial charge in [0.15, 0.2) is 0 Å². The molecule has 1 aliphatic carbocycles. The summed E-state index contributed by atoms with van der Waals surface area (Å²) < 4.78 is 0. The van der Waals surface area contributed by atoms with Crippen molar-refractivity contribution < 1.29 is 4.79 Å². The fraction of sp³-hybridized carbons (Fsp3) is 0.321. The lowest BCUT2D eigenvalue weighted by molar-refractivity contribution is 0.102. The van der Waals surface area contributed by atoms with Crippen molar-refractivity contribution in [2.75, 3.05) is 5.32 Å². The Morgan fingerprint density at radius 1 is 1.18 bits per heavy atom. The molecule has 34 heavy (non-hydrogen) atoms. The van der Waals surface area contributed by atoms with Crippen LogP contribution < -0.4 is 5.32 Å². The highest BCUT2D eigenvalue weighted by molar-refractivity contribution is 7.16. The third-order valence-electron chi connectivity index (χ3n) is 6.78. The first-order chi connectivity index (χ1) is 16.2. The van der Waals surface area contributed by atoms with Crippen LogP contribution in [0.2, 0.25) is 0 Å². The molecule has 5 rings (SSSR count). The van der Waals surface area contributed by atoms with Crippen molar-refractivity contribution in [2.45, 2.75) is 47.0 Å². The van der Waals surface area contributed by atoms with E-state index in [2.05, 4.69) is 45.1 Å². The van der Waals surface area contributed by atoms with Gasteiger partial charge in [0.25, 0.3) is 5.91 Å². The molecule has 3 aromatic heterocycles. The van der Waals surface area contributed by atoms with Crippen molar-refractivity contribution in [2.24, 2.45) is 11.3 Å². The van der Waals surface area contributed by atoms with E-state index >= 15 is 0 Å². The van der Waals surface area contributed by atoms with E-state index in [1.54, 1.807) is 22.7 Å². The minimum absolute atomic E-state index is 0.199. The Kier molecular flexibility index (Phi) is 5.79. The van der Waals surface area contributed by atoms with Gasteiger partial charge in [0, 0.05) is 15.1 Å². The molecule has 1 atom stereocenters. The van der Waals surface area contributed by atoms with Gasteiger partial charge >= 0.3 is 0 Å². The van der Waals surface area contributed by atoms with Crippen LogP contribution in [0.15, 0.2) is 42.5 Å². The van der Waals surface area contributed by atoms with Crippen LogP contribution in [0.5, 0.6) is 0 Å². The van der Waals surface area contributed by atoms with Gasteiger partial charge in [-0.2, -0.15) is 5.26 Å². The molecular weight excluding hydrogens is 458 g/mol. The molecule has 6 heteroatoms. The Morgan fingerprint density at radius 2 is 1.97 bits per heavy atom. The summed E-state index contributed by atoms with van der Waals surface area (Å²) >= 11 is 3.24. The van der Waals surface area contributed by atoms with E-state index in [4.69, 9.17) is 4.98 Å². The van der Waals surface area contributed by atoms with Gasteiger partial charge in [-0.25, -0.2) is 4.98 Å². The molecule has 172 valence electrons. The lowest BCUT2D eigenvalue weighted by Gasteiger charge is -2.33. The average Bonchev–Trinajstić information content (AvgIpc) is 3.39. The van der Waals surface area contributed by atoms with Crippen LogP contribution in [-0.4, -0.2) is 10.9 Å². The van der Waals surface area contributed by atoms with Gasteiger partial charge in [-0.05, 0) is 67.3 Å². The fourth-order valence-electron chi connectivity index (χ4n) is 4.76. The normalized spacial score (nSPS) is 15.7. The molecule has 4 nitrogen and oxygen atoms in total. The number of fused-ring (bicyclic) bond motifs is 2. The smallest absolute Gasteiger partial charge is 0.257 e. The van der Waals surface area contributed by atoms with Crippen molar-refractivity contribution in [1.82, 2.24) is 4.98 Å². The zero-order valence-electron chi connectivity index (χ0n) is 19.9. The van der Waals surface area contributed by atoms with Crippen LogP contribution in [0.1, 0.15) is 58.4 Å². The second-order valence-electron chi connectivity index (χ2n) is 10.1. The number of aryl methyl sites for hydroxylation is 1. The maximum atomic E-state index is 13.6. The van der Waals surface area contributed by atoms with Crippen molar-refractivity contribution >= 4 is 44.5 Å². The summed E-state index contributed by atoms with van der Waals surface area (Å²) in [5.41, 5.74) is 4.14. The lowest BCUT2D eigenvalue weighted by Crippen LogP contribution is -2.26. The standard InChI is InChI=1S/C28H27N3OS2/c1-16-9-12-24(33-16)23-14-20(18-7-5-6-8-22(18)30-23)26(32)31-27-21(15-29)19-11-10-17(28(2,3)4)13-25(19)34-27/h5-9,12,14,17H,10-11,13H2,1-4H3,(H,31,32). The molecule has 1 unspecified atom stereocenters. The van der Waals surface area contributed by atoms with E-state index in [0.29, 0.717) is 22.0 Å². The SMILES string of the molecule is Cc1ccc(-c2cc(C(=O)Nc3sc4c(c3C#N)CCC(C(C)(C)C)C4)c3ccccc3n2)s1. The van der Waals surface area contributed by atoms with Crippen LogP contribution >= 0.6 is 22.7 Å². The Bertz CT molecular complexity index is 1450. The minimum atomic E-state index is -0.199. The average molecular weight is 486 g/mol. The first-order valence-corrected chi connectivity index (χ1v) is 13.2. The van der Waals surface area contributed by atoms with Gasteiger partial charge in [-0.1, -0.05) is 39.0 Å². The molecule has 0 radical (unpaired) electrons. The maximum Gasteiger partial charge on any atom is 0.257 e. The van der Waals surface area contributed by atoms with E-state index in [1.807, 2.05) is 36.4 Å². The topological polar surface area (TPSA) is 65.8 Å². The monoisotopic (exact) mass is 485 g/mol. The summed E-state index contributed by atoms with van der Waals surface area (Å²) in [6, 6.07) is 16.1. The number of aromatic nitrogens is 1. The van der Waals surface area contributed by atoms with Gasteiger partial charge in [0.2, 0.25) is 0 Å². The second-order valence-corrected chi connectivity index (χ2v) is 12.5. The quantitative estimate of drug-likeness (QED) is 0.325. The number of nitrogens with zero attached hydrogens (tertiary/aromatic N) is 2. The maximum absolute atomic E-state index is 13.6. The summed E-state index contributed by atoms with van der Waals surface area (Å²) in [6.45, 7) is 8.91. The molecule has 0 fully saturated rings. The van der Waals surface area contributed by atoms with Gasteiger partial charge < -0.3 is 5.32 Å². The number of carbonyl (C=O) groups is 1. The number of anilines is 1. The molecule has 0 spiro atoms. The zero-order chi connectivity index (χ0) is 24.0. The van der Waals surface area contributed by atoms with E-state index in [0.717, 1.165) is 46.3 Å². The van der Waals surface area contributed by atoms with Gasteiger partial charge in [-0.15, -0.1) is 22.7 Å². The summed E-state index contributed by atoms with van der Waals surface area (Å²) in [5.74, 6) is 0.380. The third kappa shape index (κ3) is 4.15. The molecular formula is C28H27N3OS2. The van der Waals surface area contributed by atoms with Crippen LogP contribution in [0.4, 0.5) is 5.00 Å². The van der Waals surface area contributed by atoms with Crippen LogP contribution in [0, 0.1) is 29.6 Å². The lowest BCUT2D eigenvalue weighted by atomic mass is 9.72. The molecule has 4 aromatic rings. The molecule has 1 N–H and O–H groups in total. The molecule has 0 saturated carbocycles. The van der Waals surface area contributed by atoms with Crippen LogP contribution in [-0.2, 0) is 12.8 Å². The van der Waals surface area contributed by atoms with Gasteiger partial charge in [-0.3, -0.25) is 4.79 Å². The summed E-state index contributed by atoms with van der Waals surface area (Å²) in [5, 5.41) is 14.5. The molecule has 0 bridgehead atoms. The number of rotatable bonds is 3. The molecule has 3 heterocycles. The van der Waals surface area contributed by atoms with Crippen molar-refractivity contribution in [1.29, 1.82) is 5.26 Å². The number of nitriles is 1. The van der Waals surface area contributed by atoms with Crippen molar-refractivity contribution in [3.05, 3.63) is 68.9 Å². The number of thiophene rings is 2. The number of hydrogen-bond donors (Lipinski definition) is 1. The van der Waals surface area contributed by atoms with E-state index in [9.17, 15) is 10.1 Å². The Balaban J connectivity index is 1.53. The van der Waals surface area contributed by atoms with Crippen molar-refractivity contribution in [3.8, 4) is 16.6 Å². The molecule has 1 aliphatic rings. The predicted octanol–water partition coefficient (Wildman–Crippen LogP) is 7.61. The first-order valence-electron chi connectivity index (χ1n) is 11.6. The van der Waals surface area contributed by atoms with Crippen LogP contribution in [0.25, 0.3) is 21.5 Å². The minimum Gasteiger partial charge on any atom is -0.312 e. The Morgan fingerprint density at radius 3 is 2.68 bits per heavy atom. The first kappa shape index (κ1) is 22.8. The highest BCUT2D eigenvalue weighted by Crippen LogP contribution is 2.44. The molecule has 0 aliphatic heterocycles. The highest BCUT2D eigenvalue weighted by Gasteiger charge is 2.32. The van der Waals surface area contributed by atoms with Gasteiger partial charge in [0.1, 0.15) is 11.1 Å². The fourth-order valence-corrected chi connectivity index (χ4v) is 6.86. The van der Waals surface area contributed by atoms with Gasteiger partial charge in [0.05, 0.1) is 27.2 Å². The number of benzene rings is 1. The number of amides is 1. The van der Waals surface area contributed by atoms with E-state index in [1.165, 1.54) is 9.75 Å². The Hall–Kier alpha value is -3.01. The van der Waals surface area contributed by atoms with E-state index < -0.39 is 0 Å². The third-order valence-corrected chi connectivity index (χ3v) is 8.98. The number of para-hydroxylation sites is 1. The molecule has 1 aromatic carbocycles. The Labute approximate surface area is 208 Å². The summed E-state index contributed by atoms with van der Waals surface area (Å²) in [7, 11) is 0.